The van der Waals surface area contributed by atoms with Gasteiger partial charge in [0.15, 0.2) is 6.29 Å². The van der Waals surface area contributed by atoms with E-state index in [4.69, 9.17) is 0 Å². The van der Waals surface area contributed by atoms with Gasteiger partial charge in [0.25, 0.3) is 0 Å². The molecule has 0 amide bonds. The van der Waals surface area contributed by atoms with Crippen LogP contribution in [-0.4, -0.2) is 16.1 Å². The molecule has 0 aliphatic carbocycles. The molecule has 0 saturated heterocycles. The van der Waals surface area contributed by atoms with Gasteiger partial charge in [-0.3, -0.25) is 9.48 Å². The van der Waals surface area contributed by atoms with Crippen molar-refractivity contribution in [3.05, 3.63) is 41.6 Å². The summed E-state index contributed by atoms with van der Waals surface area (Å²) < 4.78 is 38.8. The number of nitrogens with zero attached hydrogens (tertiary/aromatic N) is 2. The van der Waals surface area contributed by atoms with Crippen LogP contribution in [0.25, 0.3) is 11.3 Å². The molecule has 6 heteroatoms. The third-order valence-electron chi connectivity index (χ3n) is 2.74. The Balaban J connectivity index is 2.37. The van der Waals surface area contributed by atoms with E-state index in [0.717, 1.165) is 12.1 Å². The quantitative estimate of drug-likeness (QED) is 0.800. The van der Waals surface area contributed by atoms with E-state index in [2.05, 4.69) is 5.10 Å². The molecule has 0 unspecified atom stereocenters. The molecule has 0 spiro atoms. The number of hydrogen-bond donors (Lipinski definition) is 0. The van der Waals surface area contributed by atoms with Crippen LogP contribution in [-0.2, 0) is 12.7 Å². The minimum absolute atomic E-state index is 0.400. The second-order valence-corrected chi connectivity index (χ2v) is 3.96. The van der Waals surface area contributed by atoms with Crippen LogP contribution in [0.1, 0.15) is 23.0 Å². The fraction of sp³-hybridized carbons (Fsp3) is 0.231. The van der Waals surface area contributed by atoms with Gasteiger partial charge in [-0.25, -0.2) is 0 Å². The predicted octanol–water partition coefficient (Wildman–Crippen LogP) is 3.40. The Bertz CT molecular complexity index is 585. The molecule has 0 bridgehead atoms. The smallest absolute Gasteiger partial charge is 0.296 e. The minimum atomic E-state index is -4.35. The SMILES string of the molecule is CCn1nc(-c2ccc(C(F)(F)F)cc2)cc1C=O. The van der Waals surface area contributed by atoms with E-state index in [0.29, 0.717) is 29.8 Å². The van der Waals surface area contributed by atoms with Crippen molar-refractivity contribution in [3.8, 4) is 11.3 Å². The van der Waals surface area contributed by atoms with E-state index < -0.39 is 11.7 Å². The zero-order chi connectivity index (χ0) is 14.0. The van der Waals surface area contributed by atoms with Crippen LogP contribution >= 0.6 is 0 Å². The van der Waals surface area contributed by atoms with Crippen molar-refractivity contribution < 1.29 is 18.0 Å². The van der Waals surface area contributed by atoms with E-state index in [-0.39, 0.29) is 0 Å². The van der Waals surface area contributed by atoms with Gasteiger partial charge in [-0.15, -0.1) is 0 Å². The third kappa shape index (κ3) is 2.67. The first-order chi connectivity index (χ1) is 8.95. The Kier molecular flexibility index (Phi) is 3.42. The number of aldehydes is 1. The second-order valence-electron chi connectivity index (χ2n) is 3.96. The highest BCUT2D eigenvalue weighted by Gasteiger charge is 2.30. The van der Waals surface area contributed by atoms with Crippen molar-refractivity contribution in [3.63, 3.8) is 0 Å². The fourth-order valence-electron chi connectivity index (χ4n) is 1.75. The lowest BCUT2D eigenvalue weighted by Crippen LogP contribution is -2.04. The number of alkyl halides is 3. The number of aryl methyl sites for hydroxylation is 1. The molecule has 0 saturated carbocycles. The number of aromatic nitrogens is 2. The molecule has 2 rings (SSSR count). The summed E-state index contributed by atoms with van der Waals surface area (Å²) in [6, 6.07) is 6.25. The van der Waals surface area contributed by atoms with Crippen molar-refractivity contribution >= 4 is 6.29 Å². The Morgan fingerprint density at radius 3 is 2.32 bits per heavy atom. The van der Waals surface area contributed by atoms with Crippen molar-refractivity contribution in [2.45, 2.75) is 19.6 Å². The van der Waals surface area contributed by atoms with Gasteiger partial charge < -0.3 is 0 Å². The normalized spacial score (nSPS) is 11.6. The predicted molar refractivity (Wildman–Crippen MR) is 63.7 cm³/mol. The molecule has 1 aromatic heterocycles. The van der Waals surface area contributed by atoms with Gasteiger partial charge in [0.05, 0.1) is 11.3 Å². The first kappa shape index (κ1) is 13.3. The highest BCUT2D eigenvalue weighted by atomic mass is 19.4. The van der Waals surface area contributed by atoms with Crippen molar-refractivity contribution in [1.29, 1.82) is 0 Å². The summed E-state index contributed by atoms with van der Waals surface area (Å²) in [4.78, 5) is 10.8. The van der Waals surface area contributed by atoms with Crippen LogP contribution in [0.2, 0.25) is 0 Å². The van der Waals surface area contributed by atoms with Gasteiger partial charge in [-0.05, 0) is 25.1 Å². The molecular formula is C13H11F3N2O. The highest BCUT2D eigenvalue weighted by molar-refractivity contribution is 5.75. The van der Waals surface area contributed by atoms with Crippen LogP contribution < -0.4 is 0 Å². The van der Waals surface area contributed by atoms with Crippen LogP contribution in [0.5, 0.6) is 0 Å². The Morgan fingerprint density at radius 1 is 1.26 bits per heavy atom. The second kappa shape index (κ2) is 4.87. The molecule has 0 atom stereocenters. The Hall–Kier alpha value is -2.11. The van der Waals surface area contributed by atoms with E-state index >= 15 is 0 Å². The van der Waals surface area contributed by atoms with Crippen molar-refractivity contribution in [2.24, 2.45) is 0 Å². The van der Waals surface area contributed by atoms with Crippen molar-refractivity contribution in [1.82, 2.24) is 9.78 Å². The first-order valence-electron chi connectivity index (χ1n) is 5.66. The number of halogens is 3. The summed E-state index contributed by atoms with van der Waals surface area (Å²) >= 11 is 0. The molecule has 3 nitrogen and oxygen atoms in total. The summed E-state index contributed by atoms with van der Waals surface area (Å²) in [6.45, 7) is 2.35. The van der Waals surface area contributed by atoms with E-state index in [1.807, 2.05) is 6.92 Å². The minimum Gasteiger partial charge on any atom is -0.296 e. The molecule has 0 fully saturated rings. The molecule has 0 aliphatic heterocycles. The van der Waals surface area contributed by atoms with Gasteiger partial charge in [-0.2, -0.15) is 18.3 Å². The van der Waals surface area contributed by atoms with Gasteiger partial charge in [0.1, 0.15) is 5.69 Å². The van der Waals surface area contributed by atoms with Gasteiger partial charge in [0.2, 0.25) is 0 Å². The molecule has 1 heterocycles. The third-order valence-corrected chi connectivity index (χ3v) is 2.74. The maximum absolute atomic E-state index is 12.4. The maximum Gasteiger partial charge on any atom is 0.416 e. The molecule has 0 aliphatic rings. The van der Waals surface area contributed by atoms with Crippen LogP contribution in [0.4, 0.5) is 13.2 Å². The zero-order valence-electron chi connectivity index (χ0n) is 10.1. The van der Waals surface area contributed by atoms with E-state index in [9.17, 15) is 18.0 Å². The largest absolute Gasteiger partial charge is 0.416 e. The van der Waals surface area contributed by atoms with Gasteiger partial charge in [-0.1, -0.05) is 12.1 Å². The topological polar surface area (TPSA) is 34.9 Å². The van der Waals surface area contributed by atoms with Gasteiger partial charge in [0, 0.05) is 12.1 Å². The summed E-state index contributed by atoms with van der Waals surface area (Å²) in [5.41, 5.74) is 0.722. The van der Waals surface area contributed by atoms with Crippen LogP contribution in [0.15, 0.2) is 30.3 Å². The lowest BCUT2D eigenvalue weighted by Gasteiger charge is -2.06. The van der Waals surface area contributed by atoms with E-state index in [1.54, 1.807) is 6.07 Å². The van der Waals surface area contributed by atoms with Crippen LogP contribution in [0.3, 0.4) is 0 Å². The summed E-state index contributed by atoms with van der Waals surface area (Å²) in [5, 5.41) is 4.17. The monoisotopic (exact) mass is 268 g/mol. The van der Waals surface area contributed by atoms with Gasteiger partial charge >= 0.3 is 6.18 Å². The molecule has 0 N–H and O–H groups in total. The number of rotatable bonds is 3. The summed E-state index contributed by atoms with van der Waals surface area (Å²) in [7, 11) is 0. The first-order valence-corrected chi connectivity index (χ1v) is 5.66. The number of carbonyl (C=O) groups is 1. The van der Waals surface area contributed by atoms with Crippen LogP contribution in [0, 0.1) is 0 Å². The lowest BCUT2D eigenvalue weighted by molar-refractivity contribution is -0.137. The standard InChI is InChI=1S/C13H11F3N2O/c1-2-18-11(8-19)7-12(17-18)9-3-5-10(6-4-9)13(14,15)16/h3-8H,2H2,1H3. The lowest BCUT2D eigenvalue weighted by atomic mass is 10.1. The molecule has 1 aromatic carbocycles. The summed E-state index contributed by atoms with van der Waals surface area (Å²) in [5.74, 6) is 0. The number of carbonyl (C=O) groups excluding carboxylic acids is 1. The summed E-state index contributed by atoms with van der Waals surface area (Å²) in [6.07, 6.45) is -3.68. The van der Waals surface area contributed by atoms with E-state index in [1.165, 1.54) is 16.8 Å². The van der Waals surface area contributed by atoms with Crippen molar-refractivity contribution in [2.75, 3.05) is 0 Å². The Morgan fingerprint density at radius 2 is 1.89 bits per heavy atom. The molecule has 100 valence electrons. The molecule has 2 aromatic rings. The fourth-order valence-corrected chi connectivity index (χ4v) is 1.75. The number of hydrogen-bond acceptors (Lipinski definition) is 2. The zero-order valence-corrected chi connectivity index (χ0v) is 10.1. The maximum atomic E-state index is 12.4. The molecular weight excluding hydrogens is 257 g/mol. The average molecular weight is 268 g/mol. The Labute approximate surface area is 107 Å². The number of benzene rings is 1. The molecule has 0 radical (unpaired) electrons. The average Bonchev–Trinajstić information content (AvgIpc) is 2.81. The molecule has 19 heavy (non-hydrogen) atoms. The highest BCUT2D eigenvalue weighted by Crippen LogP contribution is 2.30.